The SMILES string of the molecule is COC(=O)C(C(=O)OC)C1CCCCC(=O)C1. The Morgan fingerprint density at radius 3 is 2.29 bits per heavy atom. The molecular weight excluding hydrogens is 224 g/mol. The predicted octanol–water partition coefficient (Wildman–Crippen LogP) is 1.10. The van der Waals surface area contributed by atoms with Crippen LogP contribution in [0.15, 0.2) is 0 Å². The van der Waals surface area contributed by atoms with Crippen molar-refractivity contribution >= 4 is 17.7 Å². The van der Waals surface area contributed by atoms with E-state index in [0.29, 0.717) is 12.8 Å². The summed E-state index contributed by atoms with van der Waals surface area (Å²) in [6.07, 6.45) is 3.15. The Hall–Kier alpha value is -1.39. The molecule has 17 heavy (non-hydrogen) atoms. The molecule has 0 aromatic heterocycles. The molecule has 1 fully saturated rings. The van der Waals surface area contributed by atoms with Gasteiger partial charge in [-0.2, -0.15) is 0 Å². The van der Waals surface area contributed by atoms with E-state index in [-0.39, 0.29) is 18.1 Å². The van der Waals surface area contributed by atoms with E-state index in [4.69, 9.17) is 0 Å². The summed E-state index contributed by atoms with van der Waals surface area (Å²) in [6, 6.07) is 0. The third-order valence-corrected chi connectivity index (χ3v) is 3.15. The van der Waals surface area contributed by atoms with Crippen LogP contribution in [0.1, 0.15) is 32.1 Å². The molecule has 0 amide bonds. The highest BCUT2D eigenvalue weighted by molar-refractivity contribution is 5.96. The molecule has 0 aromatic carbocycles. The van der Waals surface area contributed by atoms with Gasteiger partial charge in [0.1, 0.15) is 5.78 Å². The quantitative estimate of drug-likeness (QED) is 0.421. The van der Waals surface area contributed by atoms with Gasteiger partial charge < -0.3 is 9.47 Å². The summed E-state index contributed by atoms with van der Waals surface area (Å²) in [5.41, 5.74) is 0. The molecule has 1 aliphatic rings. The number of ketones is 1. The Balaban J connectivity index is 2.83. The molecule has 1 unspecified atom stereocenters. The van der Waals surface area contributed by atoms with Gasteiger partial charge in [-0.3, -0.25) is 14.4 Å². The summed E-state index contributed by atoms with van der Waals surface area (Å²) in [4.78, 5) is 34.7. The largest absolute Gasteiger partial charge is 0.468 e. The molecule has 0 heterocycles. The Morgan fingerprint density at radius 1 is 1.18 bits per heavy atom. The first kappa shape index (κ1) is 13.7. The van der Waals surface area contributed by atoms with Crippen molar-refractivity contribution in [2.45, 2.75) is 32.1 Å². The van der Waals surface area contributed by atoms with Gasteiger partial charge in [-0.25, -0.2) is 0 Å². The maximum atomic E-state index is 11.6. The van der Waals surface area contributed by atoms with Crippen molar-refractivity contribution < 1.29 is 23.9 Å². The lowest BCUT2D eigenvalue weighted by molar-refractivity contribution is -0.161. The standard InChI is InChI=1S/C12H18O5/c1-16-11(14)10(12(15)17-2)8-5-3-4-6-9(13)7-8/h8,10H,3-7H2,1-2H3. The number of Topliss-reactive ketones (excluding diaryl/α,β-unsaturated/α-hetero) is 1. The van der Waals surface area contributed by atoms with Gasteiger partial charge in [-0.15, -0.1) is 0 Å². The second-order valence-electron chi connectivity index (χ2n) is 4.27. The molecule has 5 heteroatoms. The molecule has 5 nitrogen and oxygen atoms in total. The number of esters is 2. The van der Waals surface area contributed by atoms with E-state index in [1.165, 1.54) is 14.2 Å². The molecule has 1 rings (SSSR count). The fourth-order valence-electron chi connectivity index (χ4n) is 2.24. The monoisotopic (exact) mass is 242 g/mol. The van der Waals surface area contributed by atoms with Crippen LogP contribution < -0.4 is 0 Å². The van der Waals surface area contributed by atoms with Crippen LogP contribution in [0.5, 0.6) is 0 Å². The van der Waals surface area contributed by atoms with Gasteiger partial charge >= 0.3 is 11.9 Å². The first-order valence-corrected chi connectivity index (χ1v) is 5.77. The highest BCUT2D eigenvalue weighted by atomic mass is 16.5. The molecule has 1 aliphatic carbocycles. The molecule has 0 aromatic rings. The number of hydrogen-bond acceptors (Lipinski definition) is 5. The highest BCUT2D eigenvalue weighted by Crippen LogP contribution is 2.29. The van der Waals surface area contributed by atoms with E-state index in [2.05, 4.69) is 9.47 Å². The lowest BCUT2D eigenvalue weighted by atomic mass is 9.86. The number of ether oxygens (including phenoxy) is 2. The normalized spacial score (nSPS) is 20.9. The van der Waals surface area contributed by atoms with Crippen molar-refractivity contribution in [3.8, 4) is 0 Å². The number of hydrogen-bond donors (Lipinski definition) is 0. The van der Waals surface area contributed by atoms with Crippen LogP contribution >= 0.6 is 0 Å². The summed E-state index contributed by atoms with van der Waals surface area (Å²) in [5.74, 6) is -2.38. The number of carbonyl (C=O) groups excluding carboxylic acids is 3. The maximum Gasteiger partial charge on any atom is 0.320 e. The van der Waals surface area contributed by atoms with Crippen molar-refractivity contribution in [1.82, 2.24) is 0 Å². The fraction of sp³-hybridized carbons (Fsp3) is 0.750. The van der Waals surface area contributed by atoms with E-state index in [1.54, 1.807) is 0 Å². The average molecular weight is 242 g/mol. The van der Waals surface area contributed by atoms with E-state index in [0.717, 1.165) is 12.8 Å². The molecule has 1 atom stereocenters. The van der Waals surface area contributed by atoms with Gasteiger partial charge in [0.2, 0.25) is 0 Å². The molecular formula is C12H18O5. The van der Waals surface area contributed by atoms with Crippen LogP contribution in [-0.2, 0) is 23.9 Å². The van der Waals surface area contributed by atoms with Crippen LogP contribution in [0, 0.1) is 11.8 Å². The smallest absolute Gasteiger partial charge is 0.320 e. The van der Waals surface area contributed by atoms with E-state index < -0.39 is 17.9 Å². The minimum absolute atomic E-state index is 0.102. The van der Waals surface area contributed by atoms with Crippen molar-refractivity contribution in [1.29, 1.82) is 0 Å². The lowest BCUT2D eigenvalue weighted by Crippen LogP contribution is -2.34. The van der Waals surface area contributed by atoms with Gasteiger partial charge in [0, 0.05) is 12.8 Å². The number of methoxy groups -OCH3 is 2. The summed E-state index contributed by atoms with van der Waals surface area (Å²) in [5, 5.41) is 0. The van der Waals surface area contributed by atoms with Crippen LogP contribution in [0.3, 0.4) is 0 Å². The first-order chi connectivity index (χ1) is 8.10. The number of rotatable bonds is 3. The third-order valence-electron chi connectivity index (χ3n) is 3.15. The topological polar surface area (TPSA) is 69.7 Å². The first-order valence-electron chi connectivity index (χ1n) is 5.77. The van der Waals surface area contributed by atoms with Crippen molar-refractivity contribution in [2.75, 3.05) is 14.2 Å². The second kappa shape index (κ2) is 6.37. The molecule has 0 N–H and O–H groups in total. The van der Waals surface area contributed by atoms with Crippen molar-refractivity contribution in [3.05, 3.63) is 0 Å². The second-order valence-corrected chi connectivity index (χ2v) is 4.27. The Labute approximate surface area is 100 Å². The molecule has 0 aliphatic heterocycles. The lowest BCUT2D eigenvalue weighted by Gasteiger charge is -2.20. The summed E-state index contributed by atoms with van der Waals surface area (Å²) in [7, 11) is 2.47. The minimum atomic E-state index is -0.966. The fourth-order valence-corrected chi connectivity index (χ4v) is 2.24. The molecule has 0 saturated heterocycles. The van der Waals surface area contributed by atoms with Gasteiger partial charge in [0.15, 0.2) is 5.92 Å². The Kier molecular flexibility index (Phi) is 5.12. The van der Waals surface area contributed by atoms with Crippen molar-refractivity contribution in [3.63, 3.8) is 0 Å². The molecule has 0 spiro atoms. The van der Waals surface area contributed by atoms with Crippen molar-refractivity contribution in [2.24, 2.45) is 11.8 Å². The third kappa shape index (κ3) is 3.54. The highest BCUT2D eigenvalue weighted by Gasteiger charge is 2.38. The van der Waals surface area contributed by atoms with Gasteiger partial charge in [-0.05, 0) is 18.8 Å². The molecule has 96 valence electrons. The predicted molar refractivity (Wildman–Crippen MR) is 59.1 cm³/mol. The zero-order valence-electron chi connectivity index (χ0n) is 10.2. The summed E-state index contributed by atoms with van der Waals surface area (Å²) >= 11 is 0. The van der Waals surface area contributed by atoms with E-state index in [9.17, 15) is 14.4 Å². The van der Waals surface area contributed by atoms with E-state index >= 15 is 0 Å². The average Bonchev–Trinajstić information content (AvgIpc) is 2.53. The Morgan fingerprint density at radius 2 is 1.76 bits per heavy atom. The van der Waals surface area contributed by atoms with Gasteiger partial charge in [0.25, 0.3) is 0 Å². The van der Waals surface area contributed by atoms with Crippen LogP contribution in [0.4, 0.5) is 0 Å². The van der Waals surface area contributed by atoms with Gasteiger partial charge in [-0.1, -0.05) is 6.42 Å². The molecule has 1 saturated carbocycles. The summed E-state index contributed by atoms with van der Waals surface area (Å²) < 4.78 is 9.23. The zero-order chi connectivity index (χ0) is 12.8. The Bertz CT molecular complexity index is 294. The molecule has 0 radical (unpaired) electrons. The van der Waals surface area contributed by atoms with Crippen LogP contribution in [0.25, 0.3) is 0 Å². The zero-order valence-corrected chi connectivity index (χ0v) is 10.2. The minimum Gasteiger partial charge on any atom is -0.468 e. The maximum absolute atomic E-state index is 11.6. The summed E-state index contributed by atoms with van der Waals surface area (Å²) in [6.45, 7) is 0. The number of carbonyl (C=O) groups is 3. The van der Waals surface area contributed by atoms with Crippen LogP contribution in [0.2, 0.25) is 0 Å². The van der Waals surface area contributed by atoms with E-state index in [1.807, 2.05) is 0 Å². The van der Waals surface area contributed by atoms with Gasteiger partial charge in [0.05, 0.1) is 14.2 Å². The van der Waals surface area contributed by atoms with Crippen LogP contribution in [-0.4, -0.2) is 31.9 Å². The molecule has 0 bridgehead atoms.